The van der Waals surface area contributed by atoms with Crippen LogP contribution in [0.15, 0.2) is 22.6 Å². The Balaban J connectivity index is 1.54. The van der Waals surface area contributed by atoms with Crippen LogP contribution in [0.3, 0.4) is 0 Å². The maximum atomic E-state index is 5.48. The van der Waals surface area contributed by atoms with Gasteiger partial charge < -0.3 is 9.15 Å². The van der Waals surface area contributed by atoms with Crippen LogP contribution in [-0.2, 0) is 35.9 Å². The largest absolute Gasteiger partial charge is 0.424 e. The van der Waals surface area contributed by atoms with Gasteiger partial charge in [-0.3, -0.25) is 0 Å². The lowest BCUT2D eigenvalue weighted by Gasteiger charge is -2.02. The molecule has 1 aromatic heterocycles. The molecule has 1 aliphatic rings. The third-order valence-corrected chi connectivity index (χ3v) is 4.08. The van der Waals surface area contributed by atoms with Crippen molar-refractivity contribution < 1.29 is 9.15 Å². The van der Waals surface area contributed by atoms with Crippen molar-refractivity contribution in [3.05, 3.63) is 46.7 Å². The molecule has 0 aliphatic carbocycles. The fourth-order valence-electron chi connectivity index (χ4n) is 2.06. The zero-order valence-electron chi connectivity index (χ0n) is 10.9. The first kappa shape index (κ1) is 12.7. The van der Waals surface area contributed by atoms with Crippen molar-refractivity contribution in [2.24, 2.45) is 0 Å². The molecule has 19 heavy (non-hydrogen) atoms. The average molecular weight is 276 g/mol. The first-order valence-corrected chi connectivity index (χ1v) is 7.58. The minimum atomic E-state index is 0.713. The summed E-state index contributed by atoms with van der Waals surface area (Å²) in [5, 5.41) is 7.98. The number of rotatable bonds is 5. The highest BCUT2D eigenvalue weighted by Gasteiger charge is 2.11. The lowest BCUT2D eigenvalue weighted by Crippen LogP contribution is -1.88. The molecule has 0 amide bonds. The van der Waals surface area contributed by atoms with Gasteiger partial charge in [0.2, 0.25) is 11.8 Å². The normalized spacial score (nSPS) is 13.7. The second-order valence-corrected chi connectivity index (χ2v) is 5.52. The Morgan fingerprint density at radius 2 is 1.95 bits per heavy atom. The molecule has 1 aromatic carbocycles. The summed E-state index contributed by atoms with van der Waals surface area (Å²) >= 11 is 1.79. The molecule has 4 nitrogen and oxygen atoms in total. The Labute approximate surface area is 116 Å². The summed E-state index contributed by atoms with van der Waals surface area (Å²) in [6.45, 7) is 3.51. The van der Waals surface area contributed by atoms with Crippen LogP contribution in [0.1, 0.15) is 35.4 Å². The lowest BCUT2D eigenvalue weighted by molar-refractivity contribution is 0.134. The summed E-state index contributed by atoms with van der Waals surface area (Å²) in [5.74, 6) is 3.15. The number of thioether (sulfide) groups is 1. The van der Waals surface area contributed by atoms with E-state index < -0.39 is 0 Å². The highest BCUT2D eigenvalue weighted by Crippen LogP contribution is 2.24. The van der Waals surface area contributed by atoms with Gasteiger partial charge in [-0.15, -0.1) is 22.0 Å². The number of hydrogen-bond donors (Lipinski definition) is 0. The van der Waals surface area contributed by atoms with Crippen molar-refractivity contribution in [2.75, 3.05) is 0 Å². The second kappa shape index (κ2) is 5.75. The number of aromatic nitrogens is 2. The van der Waals surface area contributed by atoms with Crippen molar-refractivity contribution in [3.63, 3.8) is 0 Å². The molecule has 0 spiro atoms. The first-order chi connectivity index (χ1) is 9.35. The van der Waals surface area contributed by atoms with E-state index in [-0.39, 0.29) is 0 Å². The summed E-state index contributed by atoms with van der Waals surface area (Å²) in [6, 6.07) is 6.58. The van der Waals surface area contributed by atoms with E-state index in [1.54, 1.807) is 11.8 Å². The number of hydrogen-bond acceptors (Lipinski definition) is 5. The molecule has 5 heteroatoms. The van der Waals surface area contributed by atoms with E-state index in [1.807, 2.05) is 6.92 Å². The fraction of sp³-hybridized carbons (Fsp3) is 0.429. The highest BCUT2D eigenvalue weighted by atomic mass is 32.2. The molecule has 0 saturated carbocycles. The SMILES string of the molecule is CCc1nnc(CSCc2ccc3c(c2)COC3)o1. The van der Waals surface area contributed by atoms with Crippen LogP contribution in [0.4, 0.5) is 0 Å². The Bertz CT molecular complexity index is 568. The van der Waals surface area contributed by atoms with Crippen molar-refractivity contribution in [2.45, 2.75) is 38.1 Å². The number of fused-ring (bicyclic) bond motifs is 1. The number of nitrogens with zero attached hydrogens (tertiary/aromatic N) is 2. The molecule has 0 unspecified atom stereocenters. The minimum Gasteiger partial charge on any atom is -0.424 e. The Hall–Kier alpha value is -1.33. The molecule has 0 radical (unpaired) electrons. The van der Waals surface area contributed by atoms with Gasteiger partial charge in [0.15, 0.2) is 0 Å². The van der Waals surface area contributed by atoms with Crippen LogP contribution in [0, 0.1) is 0 Å². The molecule has 1 aliphatic heterocycles. The summed E-state index contributed by atoms with van der Waals surface area (Å²) in [6.07, 6.45) is 0.794. The van der Waals surface area contributed by atoms with E-state index in [4.69, 9.17) is 9.15 Å². The number of ether oxygens (including phenoxy) is 1. The van der Waals surface area contributed by atoms with E-state index >= 15 is 0 Å². The number of aryl methyl sites for hydroxylation is 1. The standard InChI is InChI=1S/C14H16N2O2S/c1-2-13-15-16-14(18-13)9-19-8-10-3-4-11-6-17-7-12(11)5-10/h3-5H,2,6-9H2,1H3. The molecular formula is C14H16N2O2S. The lowest BCUT2D eigenvalue weighted by atomic mass is 10.1. The average Bonchev–Trinajstić information content (AvgIpc) is 3.06. The van der Waals surface area contributed by atoms with Crippen molar-refractivity contribution in [1.82, 2.24) is 10.2 Å². The van der Waals surface area contributed by atoms with E-state index in [0.29, 0.717) is 11.8 Å². The van der Waals surface area contributed by atoms with Crippen LogP contribution >= 0.6 is 11.8 Å². The molecule has 3 rings (SSSR count). The zero-order chi connectivity index (χ0) is 13.1. The molecule has 0 fully saturated rings. The molecule has 0 atom stereocenters. The molecular weight excluding hydrogens is 260 g/mol. The molecule has 0 N–H and O–H groups in total. The second-order valence-electron chi connectivity index (χ2n) is 4.53. The summed E-state index contributed by atoms with van der Waals surface area (Å²) in [5.41, 5.74) is 3.96. The van der Waals surface area contributed by atoms with Gasteiger partial charge in [0, 0.05) is 12.2 Å². The summed E-state index contributed by atoms with van der Waals surface area (Å²) < 4.78 is 10.9. The number of benzene rings is 1. The first-order valence-electron chi connectivity index (χ1n) is 6.42. The topological polar surface area (TPSA) is 48.2 Å². The third-order valence-electron chi connectivity index (χ3n) is 3.09. The fourth-order valence-corrected chi connectivity index (χ4v) is 2.87. The predicted molar refractivity (Wildman–Crippen MR) is 73.6 cm³/mol. The smallest absolute Gasteiger partial charge is 0.226 e. The Morgan fingerprint density at radius 1 is 1.11 bits per heavy atom. The van der Waals surface area contributed by atoms with Gasteiger partial charge in [-0.2, -0.15) is 0 Å². The highest BCUT2D eigenvalue weighted by molar-refractivity contribution is 7.97. The van der Waals surface area contributed by atoms with E-state index in [9.17, 15) is 0 Å². The van der Waals surface area contributed by atoms with E-state index in [2.05, 4.69) is 28.4 Å². The predicted octanol–water partition coefficient (Wildman–Crippen LogP) is 3.10. The van der Waals surface area contributed by atoms with Gasteiger partial charge in [0.25, 0.3) is 0 Å². The van der Waals surface area contributed by atoms with E-state index in [0.717, 1.165) is 31.1 Å². The van der Waals surface area contributed by atoms with Gasteiger partial charge in [0.1, 0.15) is 0 Å². The molecule has 100 valence electrons. The molecule has 0 saturated heterocycles. The van der Waals surface area contributed by atoms with Gasteiger partial charge in [-0.1, -0.05) is 25.1 Å². The molecule has 2 aromatic rings. The van der Waals surface area contributed by atoms with E-state index in [1.165, 1.54) is 16.7 Å². The summed E-state index contributed by atoms with van der Waals surface area (Å²) in [7, 11) is 0. The van der Waals surface area contributed by atoms with Gasteiger partial charge in [-0.05, 0) is 16.7 Å². The third kappa shape index (κ3) is 2.98. The molecule has 2 heterocycles. The van der Waals surface area contributed by atoms with Gasteiger partial charge in [-0.25, -0.2) is 0 Å². The van der Waals surface area contributed by atoms with Crippen LogP contribution in [0.25, 0.3) is 0 Å². The zero-order valence-corrected chi connectivity index (χ0v) is 11.7. The quantitative estimate of drug-likeness (QED) is 0.840. The van der Waals surface area contributed by atoms with Crippen molar-refractivity contribution in [1.29, 1.82) is 0 Å². The maximum absolute atomic E-state index is 5.48. The maximum Gasteiger partial charge on any atom is 0.226 e. The van der Waals surface area contributed by atoms with Crippen molar-refractivity contribution >= 4 is 11.8 Å². The van der Waals surface area contributed by atoms with Gasteiger partial charge in [0.05, 0.1) is 19.0 Å². The van der Waals surface area contributed by atoms with Crippen LogP contribution < -0.4 is 0 Å². The van der Waals surface area contributed by atoms with Crippen LogP contribution in [0.5, 0.6) is 0 Å². The Kier molecular flexibility index (Phi) is 3.84. The minimum absolute atomic E-state index is 0.713. The van der Waals surface area contributed by atoms with Gasteiger partial charge >= 0.3 is 0 Å². The monoisotopic (exact) mass is 276 g/mol. The van der Waals surface area contributed by atoms with Crippen LogP contribution in [-0.4, -0.2) is 10.2 Å². The van der Waals surface area contributed by atoms with Crippen LogP contribution in [0.2, 0.25) is 0 Å². The molecule has 0 bridgehead atoms. The Morgan fingerprint density at radius 3 is 2.79 bits per heavy atom. The van der Waals surface area contributed by atoms with Crippen molar-refractivity contribution in [3.8, 4) is 0 Å². The summed E-state index contributed by atoms with van der Waals surface area (Å²) in [4.78, 5) is 0.